The molecule has 0 atom stereocenters. The third-order valence-electron chi connectivity index (χ3n) is 4.50. The highest BCUT2D eigenvalue weighted by atomic mass is 79.9. The number of sulfonamides is 1. The number of aromatic nitrogens is 1. The third-order valence-corrected chi connectivity index (χ3v) is 6.42. The molecule has 1 amide bonds. The van der Waals surface area contributed by atoms with Crippen molar-refractivity contribution in [3.63, 3.8) is 0 Å². The van der Waals surface area contributed by atoms with Crippen LogP contribution in [-0.2, 0) is 14.8 Å². The lowest BCUT2D eigenvalue weighted by Crippen LogP contribution is -2.44. The lowest BCUT2D eigenvalue weighted by atomic mass is 10.2. The molecule has 1 saturated heterocycles. The van der Waals surface area contributed by atoms with E-state index in [-0.39, 0.29) is 16.5 Å². The zero-order chi connectivity index (χ0) is 21.6. The van der Waals surface area contributed by atoms with Crippen molar-refractivity contribution < 1.29 is 17.9 Å². The Hall–Kier alpha value is -2.21. The van der Waals surface area contributed by atoms with E-state index >= 15 is 0 Å². The van der Waals surface area contributed by atoms with Gasteiger partial charge in [0.05, 0.1) is 29.0 Å². The molecule has 30 heavy (non-hydrogen) atoms. The fourth-order valence-electron chi connectivity index (χ4n) is 3.00. The monoisotopic (exact) mass is 497 g/mol. The number of halogens is 1. The van der Waals surface area contributed by atoms with E-state index in [2.05, 4.69) is 36.3 Å². The highest BCUT2D eigenvalue weighted by molar-refractivity contribution is 9.10. The molecule has 1 fully saturated rings. The molecular weight excluding hydrogens is 474 g/mol. The van der Waals surface area contributed by atoms with E-state index in [1.807, 2.05) is 4.90 Å². The molecule has 0 spiro atoms. The molecule has 0 radical (unpaired) electrons. The van der Waals surface area contributed by atoms with Gasteiger partial charge < -0.3 is 20.3 Å². The molecule has 1 aromatic carbocycles. The minimum atomic E-state index is -3.82. The molecule has 2 heterocycles. The normalized spacial score (nSPS) is 14.4. The first-order valence-electron chi connectivity index (χ1n) is 9.42. The van der Waals surface area contributed by atoms with Crippen molar-refractivity contribution in [1.82, 2.24) is 15.6 Å². The summed E-state index contributed by atoms with van der Waals surface area (Å²) >= 11 is 3.29. The number of nitrogens with zero attached hydrogens (tertiary/aromatic N) is 2. The first-order valence-corrected chi connectivity index (χ1v) is 11.7. The van der Waals surface area contributed by atoms with E-state index in [9.17, 15) is 13.2 Å². The van der Waals surface area contributed by atoms with E-state index in [1.165, 1.54) is 24.4 Å². The molecule has 2 aromatic rings. The van der Waals surface area contributed by atoms with Gasteiger partial charge in [-0.2, -0.15) is 0 Å². The number of hydrogen-bond acceptors (Lipinski definition) is 7. The SMILES string of the molecule is COCCNC(=O)c1cc(NS(=O)(=O)c2ccc(Br)cc2)cnc1N1CCNCC1. The van der Waals surface area contributed by atoms with Crippen LogP contribution in [0.25, 0.3) is 0 Å². The lowest BCUT2D eigenvalue weighted by Gasteiger charge is -2.30. The number of carbonyl (C=O) groups excluding carboxylic acids is 1. The van der Waals surface area contributed by atoms with Crippen LogP contribution in [0.5, 0.6) is 0 Å². The Labute approximate surface area is 184 Å². The fraction of sp³-hybridized carbons (Fsp3) is 0.368. The van der Waals surface area contributed by atoms with Crippen molar-refractivity contribution in [1.29, 1.82) is 0 Å². The molecule has 1 aliphatic rings. The zero-order valence-corrected chi connectivity index (χ0v) is 18.9. The summed E-state index contributed by atoms with van der Waals surface area (Å²) in [4.78, 5) is 19.3. The molecule has 0 bridgehead atoms. The minimum Gasteiger partial charge on any atom is -0.383 e. The Balaban J connectivity index is 1.88. The largest absolute Gasteiger partial charge is 0.383 e. The van der Waals surface area contributed by atoms with Crippen molar-refractivity contribution in [3.05, 3.63) is 46.6 Å². The van der Waals surface area contributed by atoms with E-state index in [4.69, 9.17) is 4.74 Å². The second kappa shape index (κ2) is 10.2. The summed E-state index contributed by atoms with van der Waals surface area (Å²) in [5.41, 5.74) is 0.526. The summed E-state index contributed by atoms with van der Waals surface area (Å²) in [6.07, 6.45) is 1.43. The number of carbonyl (C=O) groups is 1. The summed E-state index contributed by atoms with van der Waals surface area (Å²) in [7, 11) is -2.26. The number of amides is 1. The van der Waals surface area contributed by atoms with Crippen LogP contribution in [0.1, 0.15) is 10.4 Å². The molecule has 0 aliphatic carbocycles. The molecule has 0 saturated carbocycles. The molecule has 3 N–H and O–H groups in total. The number of pyridine rings is 1. The van der Waals surface area contributed by atoms with Crippen LogP contribution in [0, 0.1) is 0 Å². The van der Waals surface area contributed by atoms with E-state index in [0.717, 1.165) is 17.6 Å². The third kappa shape index (κ3) is 5.69. The summed E-state index contributed by atoms with van der Waals surface area (Å²) in [5.74, 6) is 0.191. The first-order chi connectivity index (χ1) is 14.4. The highest BCUT2D eigenvalue weighted by Crippen LogP contribution is 2.24. The van der Waals surface area contributed by atoms with E-state index < -0.39 is 10.0 Å². The molecule has 162 valence electrons. The van der Waals surface area contributed by atoms with Gasteiger partial charge in [-0.05, 0) is 30.3 Å². The smallest absolute Gasteiger partial charge is 0.261 e. The van der Waals surface area contributed by atoms with Crippen LogP contribution in [0.4, 0.5) is 11.5 Å². The summed E-state index contributed by atoms with van der Waals surface area (Å²) in [6, 6.07) is 7.80. The van der Waals surface area contributed by atoms with Gasteiger partial charge in [0.2, 0.25) is 0 Å². The minimum absolute atomic E-state index is 0.114. The molecule has 1 aromatic heterocycles. The van der Waals surface area contributed by atoms with Crippen LogP contribution in [0.15, 0.2) is 45.9 Å². The Morgan fingerprint density at radius 3 is 2.63 bits per heavy atom. The Morgan fingerprint density at radius 2 is 1.97 bits per heavy atom. The second-order valence-corrected chi connectivity index (χ2v) is 9.24. The predicted octanol–water partition coefficient (Wildman–Crippen LogP) is 1.43. The van der Waals surface area contributed by atoms with Gasteiger partial charge in [0.25, 0.3) is 15.9 Å². The molecule has 1 aliphatic heterocycles. The maximum absolute atomic E-state index is 12.8. The number of ether oxygens (including phenoxy) is 1. The van der Waals surface area contributed by atoms with Gasteiger partial charge in [-0.15, -0.1) is 0 Å². The average molecular weight is 498 g/mol. The molecule has 0 unspecified atom stereocenters. The van der Waals surface area contributed by atoms with Crippen LogP contribution in [0.3, 0.4) is 0 Å². The molecule has 3 rings (SSSR count). The van der Waals surface area contributed by atoms with Crippen molar-refractivity contribution in [2.24, 2.45) is 0 Å². The summed E-state index contributed by atoms with van der Waals surface area (Å²) in [6.45, 7) is 3.68. The molecule has 11 heteroatoms. The molecule has 9 nitrogen and oxygen atoms in total. The van der Waals surface area contributed by atoms with Crippen molar-refractivity contribution in [2.75, 3.05) is 56.1 Å². The van der Waals surface area contributed by atoms with Crippen molar-refractivity contribution in [3.8, 4) is 0 Å². The van der Waals surface area contributed by atoms with Crippen molar-refractivity contribution in [2.45, 2.75) is 4.90 Å². The van der Waals surface area contributed by atoms with Crippen LogP contribution in [-0.4, -0.2) is 65.7 Å². The number of piperazine rings is 1. The van der Waals surface area contributed by atoms with Crippen molar-refractivity contribution >= 4 is 43.4 Å². The Kier molecular flexibility index (Phi) is 7.64. The quantitative estimate of drug-likeness (QED) is 0.472. The topological polar surface area (TPSA) is 113 Å². The van der Waals surface area contributed by atoms with Gasteiger partial charge in [0, 0.05) is 44.3 Å². The highest BCUT2D eigenvalue weighted by Gasteiger charge is 2.22. The van der Waals surface area contributed by atoms with Gasteiger partial charge in [0.1, 0.15) is 5.82 Å². The van der Waals surface area contributed by atoms with Crippen LogP contribution < -0.4 is 20.3 Å². The predicted molar refractivity (Wildman–Crippen MR) is 118 cm³/mol. The Morgan fingerprint density at radius 1 is 1.27 bits per heavy atom. The number of hydrogen-bond donors (Lipinski definition) is 3. The van der Waals surface area contributed by atoms with Gasteiger partial charge in [-0.3, -0.25) is 9.52 Å². The first kappa shape index (κ1) is 22.5. The number of methoxy groups -OCH3 is 1. The summed E-state index contributed by atoms with van der Waals surface area (Å²) < 4.78 is 33.7. The average Bonchev–Trinajstić information content (AvgIpc) is 2.74. The Bertz CT molecular complexity index is 979. The molecular formula is C19H24BrN5O4S. The van der Waals surface area contributed by atoms with Gasteiger partial charge >= 0.3 is 0 Å². The van der Waals surface area contributed by atoms with Crippen LogP contribution in [0.2, 0.25) is 0 Å². The van der Waals surface area contributed by atoms with E-state index in [1.54, 1.807) is 19.2 Å². The number of benzene rings is 1. The van der Waals surface area contributed by atoms with Crippen LogP contribution >= 0.6 is 15.9 Å². The maximum Gasteiger partial charge on any atom is 0.261 e. The second-order valence-electron chi connectivity index (χ2n) is 6.64. The standard InChI is InChI=1S/C19H24BrN5O4S/c1-29-11-8-22-19(26)17-12-15(13-23-18(17)25-9-6-21-7-10-25)24-30(27,28)16-4-2-14(20)3-5-16/h2-5,12-13,21,24H,6-11H2,1H3,(H,22,26). The lowest BCUT2D eigenvalue weighted by molar-refractivity contribution is 0.0937. The van der Waals surface area contributed by atoms with E-state index in [0.29, 0.717) is 37.6 Å². The summed E-state index contributed by atoms with van der Waals surface area (Å²) in [5, 5.41) is 6.04. The van der Waals surface area contributed by atoms with Gasteiger partial charge in [-0.25, -0.2) is 13.4 Å². The van der Waals surface area contributed by atoms with Gasteiger partial charge in [0.15, 0.2) is 0 Å². The number of nitrogens with one attached hydrogen (secondary N) is 3. The number of anilines is 2. The zero-order valence-electron chi connectivity index (χ0n) is 16.5. The maximum atomic E-state index is 12.8. The number of rotatable bonds is 8. The fourth-order valence-corrected chi connectivity index (χ4v) is 4.30. The van der Waals surface area contributed by atoms with Gasteiger partial charge in [-0.1, -0.05) is 15.9 Å².